The van der Waals surface area contributed by atoms with E-state index in [1.807, 2.05) is 6.07 Å². The predicted molar refractivity (Wildman–Crippen MR) is 72.5 cm³/mol. The topological polar surface area (TPSA) is 12.0 Å². The van der Waals surface area contributed by atoms with Crippen LogP contribution in [-0.4, -0.2) is 12.6 Å². The highest BCUT2D eigenvalue weighted by molar-refractivity contribution is 5.38. The second-order valence-corrected chi connectivity index (χ2v) is 6.20. The maximum absolute atomic E-state index is 12.9. The molecule has 2 unspecified atom stereocenters. The summed E-state index contributed by atoms with van der Waals surface area (Å²) in [5.41, 5.74) is 0.258. The molecule has 0 spiro atoms. The lowest BCUT2D eigenvalue weighted by Crippen LogP contribution is -2.30. The first-order valence-corrected chi connectivity index (χ1v) is 7.37. The van der Waals surface area contributed by atoms with Crippen molar-refractivity contribution in [3.8, 4) is 0 Å². The first-order chi connectivity index (χ1) is 9.45. The normalized spacial score (nSPS) is 29.5. The highest BCUT2D eigenvalue weighted by Crippen LogP contribution is 2.56. The second-order valence-electron chi connectivity index (χ2n) is 6.20. The molecular formula is C16H20F3N. The third-order valence-corrected chi connectivity index (χ3v) is 4.77. The summed E-state index contributed by atoms with van der Waals surface area (Å²) in [7, 11) is 0. The summed E-state index contributed by atoms with van der Waals surface area (Å²) in [6.07, 6.45) is 0.190. The van der Waals surface area contributed by atoms with Crippen molar-refractivity contribution >= 4 is 0 Å². The van der Waals surface area contributed by atoms with Gasteiger partial charge in [0, 0.05) is 18.0 Å². The summed E-state index contributed by atoms with van der Waals surface area (Å²) in [5, 5.41) is 3.50. The molecule has 0 bridgehead atoms. The molecule has 2 aliphatic rings. The Morgan fingerprint density at radius 2 is 2.05 bits per heavy atom. The summed E-state index contributed by atoms with van der Waals surface area (Å²) in [5.74, 6) is 0.511. The summed E-state index contributed by atoms with van der Waals surface area (Å²) >= 11 is 0. The summed E-state index contributed by atoms with van der Waals surface area (Å²) in [6, 6.07) is 6.51. The minimum Gasteiger partial charge on any atom is -0.313 e. The van der Waals surface area contributed by atoms with E-state index in [2.05, 4.69) is 12.2 Å². The quantitative estimate of drug-likeness (QED) is 0.857. The molecule has 4 heteroatoms. The molecule has 2 aliphatic carbocycles. The van der Waals surface area contributed by atoms with E-state index in [-0.39, 0.29) is 5.41 Å². The van der Waals surface area contributed by atoms with Crippen LogP contribution in [0.1, 0.15) is 43.7 Å². The van der Waals surface area contributed by atoms with Gasteiger partial charge in [0.1, 0.15) is 0 Å². The van der Waals surface area contributed by atoms with Crippen molar-refractivity contribution in [2.45, 2.75) is 50.2 Å². The molecule has 1 aromatic rings. The molecule has 1 nitrogen and oxygen atoms in total. The van der Waals surface area contributed by atoms with Crippen molar-refractivity contribution in [2.75, 3.05) is 6.54 Å². The van der Waals surface area contributed by atoms with Gasteiger partial charge in [-0.15, -0.1) is 0 Å². The maximum Gasteiger partial charge on any atom is 0.416 e. The third-order valence-electron chi connectivity index (χ3n) is 4.77. The number of benzene rings is 1. The molecule has 0 amide bonds. The van der Waals surface area contributed by atoms with Gasteiger partial charge in [-0.3, -0.25) is 0 Å². The molecule has 3 rings (SSSR count). The van der Waals surface area contributed by atoms with Crippen LogP contribution in [0.2, 0.25) is 0 Å². The van der Waals surface area contributed by atoms with E-state index >= 15 is 0 Å². The minimum absolute atomic E-state index is 0.0708. The maximum atomic E-state index is 12.9. The SMILES string of the molecule is CCC1CC1(CNC1CC1)c1cccc(C(F)(F)F)c1. The molecule has 1 aromatic carbocycles. The number of hydrogen-bond donors (Lipinski definition) is 1. The second kappa shape index (κ2) is 4.76. The lowest BCUT2D eigenvalue weighted by Gasteiger charge is -2.20. The van der Waals surface area contributed by atoms with Crippen LogP contribution in [0.4, 0.5) is 13.2 Å². The highest BCUT2D eigenvalue weighted by Gasteiger charge is 2.54. The van der Waals surface area contributed by atoms with E-state index < -0.39 is 11.7 Å². The van der Waals surface area contributed by atoms with Gasteiger partial charge in [0.25, 0.3) is 0 Å². The fourth-order valence-corrected chi connectivity index (χ4v) is 3.21. The van der Waals surface area contributed by atoms with Gasteiger partial charge in [-0.1, -0.05) is 31.5 Å². The van der Waals surface area contributed by atoms with Gasteiger partial charge in [-0.2, -0.15) is 13.2 Å². The van der Waals surface area contributed by atoms with Crippen LogP contribution >= 0.6 is 0 Å². The molecule has 2 saturated carbocycles. The van der Waals surface area contributed by atoms with E-state index in [1.165, 1.54) is 18.9 Å². The molecule has 0 radical (unpaired) electrons. The zero-order chi connectivity index (χ0) is 14.4. The number of rotatable bonds is 5. The van der Waals surface area contributed by atoms with Crippen molar-refractivity contribution < 1.29 is 13.2 Å². The molecule has 110 valence electrons. The van der Waals surface area contributed by atoms with Gasteiger partial charge in [0.2, 0.25) is 0 Å². The first-order valence-electron chi connectivity index (χ1n) is 7.37. The van der Waals surface area contributed by atoms with Crippen molar-refractivity contribution in [1.82, 2.24) is 5.32 Å². The molecule has 0 saturated heterocycles. The van der Waals surface area contributed by atoms with Crippen LogP contribution in [0.25, 0.3) is 0 Å². The van der Waals surface area contributed by atoms with Crippen molar-refractivity contribution in [3.05, 3.63) is 35.4 Å². The molecule has 0 heterocycles. The summed E-state index contributed by atoms with van der Waals surface area (Å²) in [4.78, 5) is 0. The Balaban J connectivity index is 1.84. The van der Waals surface area contributed by atoms with E-state index in [0.717, 1.165) is 31.0 Å². The summed E-state index contributed by atoms with van der Waals surface area (Å²) in [6.45, 7) is 2.94. The Kier molecular flexibility index (Phi) is 3.32. The zero-order valence-electron chi connectivity index (χ0n) is 11.6. The minimum atomic E-state index is -4.25. The Morgan fingerprint density at radius 1 is 1.30 bits per heavy atom. The largest absolute Gasteiger partial charge is 0.416 e. The zero-order valence-corrected chi connectivity index (χ0v) is 11.6. The number of halogens is 3. The van der Waals surface area contributed by atoms with E-state index in [4.69, 9.17) is 0 Å². The predicted octanol–water partition coefficient (Wildman–Crippen LogP) is 4.13. The van der Waals surface area contributed by atoms with E-state index in [1.54, 1.807) is 6.07 Å². The van der Waals surface area contributed by atoms with Crippen LogP contribution in [0.3, 0.4) is 0 Å². The van der Waals surface area contributed by atoms with Crippen LogP contribution in [0.5, 0.6) is 0 Å². The van der Waals surface area contributed by atoms with Crippen LogP contribution in [0.15, 0.2) is 24.3 Å². The fraction of sp³-hybridized carbons (Fsp3) is 0.625. The molecule has 20 heavy (non-hydrogen) atoms. The van der Waals surface area contributed by atoms with Crippen molar-refractivity contribution in [1.29, 1.82) is 0 Å². The van der Waals surface area contributed by atoms with Gasteiger partial charge >= 0.3 is 6.18 Å². The smallest absolute Gasteiger partial charge is 0.313 e. The number of nitrogens with one attached hydrogen (secondary N) is 1. The average Bonchev–Trinajstić information content (AvgIpc) is 3.30. The third kappa shape index (κ3) is 2.58. The van der Waals surface area contributed by atoms with Gasteiger partial charge in [0.05, 0.1) is 5.56 Å². The lowest BCUT2D eigenvalue weighted by atomic mass is 9.90. The fourth-order valence-electron chi connectivity index (χ4n) is 3.21. The summed E-state index contributed by atoms with van der Waals surface area (Å²) < 4.78 is 38.6. The van der Waals surface area contributed by atoms with Crippen molar-refractivity contribution in [2.24, 2.45) is 5.92 Å². The van der Waals surface area contributed by atoms with Crippen LogP contribution < -0.4 is 5.32 Å². The highest BCUT2D eigenvalue weighted by atomic mass is 19.4. The Hall–Kier alpha value is -1.03. The van der Waals surface area contributed by atoms with Gasteiger partial charge in [-0.05, 0) is 36.8 Å². The van der Waals surface area contributed by atoms with Gasteiger partial charge in [0.15, 0.2) is 0 Å². The molecular weight excluding hydrogens is 263 g/mol. The van der Waals surface area contributed by atoms with Crippen LogP contribution in [-0.2, 0) is 11.6 Å². The van der Waals surface area contributed by atoms with Gasteiger partial charge < -0.3 is 5.32 Å². The Labute approximate surface area is 117 Å². The molecule has 0 aliphatic heterocycles. The number of alkyl halides is 3. The van der Waals surface area contributed by atoms with E-state index in [0.29, 0.717) is 12.0 Å². The van der Waals surface area contributed by atoms with Crippen LogP contribution in [0, 0.1) is 5.92 Å². The monoisotopic (exact) mass is 283 g/mol. The van der Waals surface area contributed by atoms with E-state index in [9.17, 15) is 13.2 Å². The molecule has 0 aromatic heterocycles. The molecule has 1 N–H and O–H groups in total. The lowest BCUT2D eigenvalue weighted by molar-refractivity contribution is -0.137. The standard InChI is InChI=1S/C16H20F3N/c1-2-11-9-15(11,10-20-14-6-7-14)12-4-3-5-13(8-12)16(17,18)19/h3-5,8,11,14,20H,2,6-7,9-10H2,1H3. The molecule has 2 atom stereocenters. The molecule has 2 fully saturated rings. The average molecular weight is 283 g/mol. The number of hydrogen-bond acceptors (Lipinski definition) is 1. The Bertz CT molecular complexity index is 493. The van der Waals surface area contributed by atoms with Crippen molar-refractivity contribution in [3.63, 3.8) is 0 Å². The first kappa shape index (κ1) is 13.9. The Morgan fingerprint density at radius 3 is 2.60 bits per heavy atom. The van der Waals surface area contributed by atoms with Gasteiger partial charge in [-0.25, -0.2) is 0 Å².